The lowest BCUT2D eigenvalue weighted by Gasteiger charge is -2.04. The zero-order valence-corrected chi connectivity index (χ0v) is 9.40. The highest BCUT2D eigenvalue weighted by Gasteiger charge is 2.20. The number of carbonyl (C=O) groups excluding carboxylic acids is 1. The molecule has 10 heteroatoms. The van der Waals surface area contributed by atoms with Crippen LogP contribution in [0.25, 0.3) is 0 Å². The van der Waals surface area contributed by atoms with Crippen LogP contribution < -0.4 is 5.32 Å². The van der Waals surface area contributed by atoms with Crippen molar-refractivity contribution in [1.29, 1.82) is 0 Å². The topological polar surface area (TPSA) is 147 Å². The summed E-state index contributed by atoms with van der Waals surface area (Å²) in [6.45, 7) is -0.0395. The van der Waals surface area contributed by atoms with Crippen molar-refractivity contribution in [2.24, 2.45) is 0 Å². The number of benzene rings is 1. The van der Waals surface area contributed by atoms with Gasteiger partial charge in [-0.1, -0.05) is 5.21 Å². The Hall–Kier alpha value is -3.04. The number of amides is 1. The van der Waals surface area contributed by atoms with Gasteiger partial charge in [-0.05, 0) is 12.1 Å². The number of aromatic nitrogens is 4. The molecule has 0 aliphatic heterocycles. The first-order valence-electron chi connectivity index (χ1n) is 5.06. The summed E-state index contributed by atoms with van der Waals surface area (Å²) < 4.78 is 0. The van der Waals surface area contributed by atoms with Gasteiger partial charge in [0.15, 0.2) is 5.82 Å². The Kier molecular flexibility index (Phi) is 3.32. The SMILES string of the molecule is O=C(NCc1nn[nH]n1)c1cc(O)ccc1[N+](=O)[O-]. The van der Waals surface area contributed by atoms with Gasteiger partial charge in [-0.25, -0.2) is 0 Å². The van der Waals surface area contributed by atoms with Crippen LogP contribution in [-0.4, -0.2) is 36.6 Å². The average Bonchev–Trinajstić information content (AvgIpc) is 2.88. The maximum atomic E-state index is 11.8. The first kappa shape index (κ1) is 12.4. The molecule has 1 heterocycles. The second kappa shape index (κ2) is 5.08. The molecule has 98 valence electrons. The van der Waals surface area contributed by atoms with Crippen LogP contribution in [0.2, 0.25) is 0 Å². The quantitative estimate of drug-likeness (QED) is 0.509. The molecule has 0 radical (unpaired) electrons. The fourth-order valence-electron chi connectivity index (χ4n) is 1.38. The molecule has 1 aromatic heterocycles. The molecule has 19 heavy (non-hydrogen) atoms. The number of hydrogen-bond acceptors (Lipinski definition) is 7. The molecule has 0 aliphatic carbocycles. The molecule has 0 spiro atoms. The van der Waals surface area contributed by atoms with E-state index >= 15 is 0 Å². The van der Waals surface area contributed by atoms with E-state index in [0.29, 0.717) is 0 Å². The van der Waals surface area contributed by atoms with Gasteiger partial charge in [-0.15, -0.1) is 10.2 Å². The third-order valence-electron chi connectivity index (χ3n) is 2.22. The Morgan fingerprint density at radius 2 is 2.32 bits per heavy atom. The number of nitrogens with zero attached hydrogens (tertiary/aromatic N) is 4. The molecule has 2 rings (SSSR count). The molecule has 0 saturated heterocycles. The molecular formula is C9H8N6O4. The standard InChI is InChI=1S/C9H8N6O4/c16-5-1-2-7(15(18)19)6(3-5)9(17)10-4-8-11-13-14-12-8/h1-3,16H,4H2,(H,10,17)(H,11,12,13,14). The van der Waals surface area contributed by atoms with E-state index < -0.39 is 16.5 Å². The lowest BCUT2D eigenvalue weighted by Crippen LogP contribution is -2.24. The molecule has 0 bridgehead atoms. The second-order valence-electron chi connectivity index (χ2n) is 3.47. The van der Waals surface area contributed by atoms with Gasteiger partial charge in [-0.3, -0.25) is 14.9 Å². The minimum absolute atomic E-state index is 0.0395. The van der Waals surface area contributed by atoms with Crippen molar-refractivity contribution in [3.63, 3.8) is 0 Å². The summed E-state index contributed by atoms with van der Waals surface area (Å²) in [5, 5.41) is 35.2. The number of rotatable bonds is 4. The van der Waals surface area contributed by atoms with Crippen LogP contribution in [0.15, 0.2) is 18.2 Å². The smallest absolute Gasteiger partial charge is 0.282 e. The molecule has 0 saturated carbocycles. The normalized spacial score (nSPS) is 10.1. The fourth-order valence-corrected chi connectivity index (χ4v) is 1.38. The number of nitrogens with one attached hydrogen (secondary N) is 2. The van der Waals surface area contributed by atoms with E-state index in [9.17, 15) is 20.0 Å². The first-order chi connectivity index (χ1) is 9.08. The van der Waals surface area contributed by atoms with Gasteiger partial charge in [0.05, 0.1) is 11.5 Å². The predicted octanol–water partition coefficient (Wildman–Crippen LogP) is -0.257. The first-order valence-corrected chi connectivity index (χ1v) is 5.06. The van der Waals surface area contributed by atoms with E-state index in [4.69, 9.17) is 0 Å². The van der Waals surface area contributed by atoms with E-state index in [0.717, 1.165) is 18.2 Å². The van der Waals surface area contributed by atoms with Crippen molar-refractivity contribution in [3.8, 4) is 5.75 Å². The Labute approximate surface area is 105 Å². The van der Waals surface area contributed by atoms with Gasteiger partial charge in [0.1, 0.15) is 11.3 Å². The zero-order chi connectivity index (χ0) is 13.8. The predicted molar refractivity (Wildman–Crippen MR) is 60.1 cm³/mol. The number of nitro benzene ring substituents is 1. The maximum Gasteiger partial charge on any atom is 0.282 e. The van der Waals surface area contributed by atoms with Crippen molar-refractivity contribution < 1.29 is 14.8 Å². The monoisotopic (exact) mass is 264 g/mol. The molecule has 3 N–H and O–H groups in total. The number of H-pyrrole nitrogens is 1. The highest BCUT2D eigenvalue weighted by atomic mass is 16.6. The summed E-state index contributed by atoms with van der Waals surface area (Å²) in [6, 6.07) is 3.20. The molecule has 0 aliphatic rings. The fraction of sp³-hybridized carbons (Fsp3) is 0.111. The van der Waals surface area contributed by atoms with Crippen molar-refractivity contribution in [2.75, 3.05) is 0 Å². The molecule has 2 aromatic rings. The summed E-state index contributed by atoms with van der Waals surface area (Å²) in [7, 11) is 0. The van der Waals surface area contributed by atoms with Crippen LogP contribution in [0, 0.1) is 10.1 Å². The summed E-state index contributed by atoms with van der Waals surface area (Å²) in [6.07, 6.45) is 0. The minimum atomic E-state index is -0.715. The number of hydrogen-bond donors (Lipinski definition) is 3. The summed E-state index contributed by atoms with van der Waals surface area (Å²) >= 11 is 0. The third-order valence-corrected chi connectivity index (χ3v) is 2.22. The van der Waals surface area contributed by atoms with Crippen LogP contribution in [0.1, 0.15) is 16.2 Å². The van der Waals surface area contributed by atoms with E-state index in [1.807, 2.05) is 0 Å². The molecule has 0 atom stereocenters. The van der Waals surface area contributed by atoms with Gasteiger partial charge in [-0.2, -0.15) is 5.21 Å². The van der Waals surface area contributed by atoms with Gasteiger partial charge in [0.2, 0.25) is 0 Å². The summed E-state index contributed by atoms with van der Waals surface area (Å²) in [5.74, 6) is -0.723. The molecule has 1 amide bonds. The highest BCUT2D eigenvalue weighted by molar-refractivity contribution is 5.98. The summed E-state index contributed by atoms with van der Waals surface area (Å²) in [5.41, 5.74) is -0.642. The average molecular weight is 264 g/mol. The van der Waals surface area contributed by atoms with E-state index in [1.165, 1.54) is 0 Å². The molecule has 0 unspecified atom stereocenters. The van der Waals surface area contributed by atoms with Gasteiger partial charge in [0.25, 0.3) is 11.6 Å². The van der Waals surface area contributed by atoms with E-state index in [2.05, 4.69) is 25.9 Å². The van der Waals surface area contributed by atoms with Crippen LogP contribution in [0.3, 0.4) is 0 Å². The van der Waals surface area contributed by atoms with Crippen LogP contribution in [-0.2, 0) is 6.54 Å². The van der Waals surface area contributed by atoms with E-state index in [1.54, 1.807) is 0 Å². The molecule has 1 aromatic carbocycles. The molecular weight excluding hydrogens is 256 g/mol. The second-order valence-corrected chi connectivity index (χ2v) is 3.47. The number of tetrazole rings is 1. The Morgan fingerprint density at radius 1 is 1.53 bits per heavy atom. The Morgan fingerprint density at radius 3 is 2.95 bits per heavy atom. The molecule has 10 nitrogen and oxygen atoms in total. The number of phenols is 1. The van der Waals surface area contributed by atoms with Crippen LogP contribution in [0.5, 0.6) is 5.75 Å². The van der Waals surface area contributed by atoms with Crippen molar-refractivity contribution in [2.45, 2.75) is 6.54 Å². The Balaban J connectivity index is 2.18. The molecule has 0 fully saturated rings. The number of aromatic amines is 1. The number of aromatic hydroxyl groups is 1. The van der Waals surface area contributed by atoms with E-state index in [-0.39, 0.29) is 23.7 Å². The van der Waals surface area contributed by atoms with Crippen molar-refractivity contribution >= 4 is 11.6 Å². The lowest BCUT2D eigenvalue weighted by atomic mass is 10.1. The van der Waals surface area contributed by atoms with Crippen molar-refractivity contribution in [1.82, 2.24) is 25.9 Å². The zero-order valence-electron chi connectivity index (χ0n) is 9.40. The number of nitro groups is 1. The van der Waals surface area contributed by atoms with Gasteiger partial charge >= 0.3 is 0 Å². The third kappa shape index (κ3) is 2.80. The summed E-state index contributed by atoms with van der Waals surface area (Å²) in [4.78, 5) is 21.9. The maximum absolute atomic E-state index is 11.8. The highest BCUT2D eigenvalue weighted by Crippen LogP contribution is 2.23. The Bertz CT molecular complexity index is 611. The van der Waals surface area contributed by atoms with Gasteiger partial charge in [0, 0.05) is 6.07 Å². The number of carbonyl (C=O) groups is 1. The number of phenolic OH excluding ortho intramolecular Hbond substituents is 1. The lowest BCUT2D eigenvalue weighted by molar-refractivity contribution is -0.385. The van der Waals surface area contributed by atoms with Gasteiger partial charge < -0.3 is 10.4 Å². The largest absolute Gasteiger partial charge is 0.508 e. The van der Waals surface area contributed by atoms with Crippen LogP contribution in [0.4, 0.5) is 5.69 Å². The minimum Gasteiger partial charge on any atom is -0.508 e. The van der Waals surface area contributed by atoms with Crippen LogP contribution >= 0.6 is 0 Å². The van der Waals surface area contributed by atoms with Crippen molar-refractivity contribution in [3.05, 3.63) is 39.7 Å².